The molecule has 4 aliphatic heterocycles. The fourth-order valence-electron chi connectivity index (χ4n) is 8.82. The maximum absolute atomic E-state index is 13.6. The molecule has 63 heavy (non-hydrogen) atoms. The van der Waals surface area contributed by atoms with Gasteiger partial charge in [0, 0.05) is 75.2 Å². The number of carbonyl (C=O) groups excluding carboxylic acids is 6. The highest BCUT2D eigenvalue weighted by Gasteiger charge is 2.45. The molecule has 2 saturated heterocycles. The van der Waals surface area contributed by atoms with Crippen LogP contribution in [0.25, 0.3) is 11.1 Å². The summed E-state index contributed by atoms with van der Waals surface area (Å²) in [5.74, 6) is -2.29. The first kappa shape index (κ1) is 41.6. The van der Waals surface area contributed by atoms with Crippen LogP contribution in [0.15, 0.2) is 103 Å². The Morgan fingerprint density at radius 2 is 1.62 bits per heavy atom. The normalized spacial score (nSPS) is 18.0. The second kappa shape index (κ2) is 18.3. The monoisotopic (exact) mass is 866 g/mol. The molecule has 1 aromatic heterocycles. The van der Waals surface area contributed by atoms with Crippen LogP contribution in [0.1, 0.15) is 62.7 Å². The van der Waals surface area contributed by atoms with Crippen molar-refractivity contribution in [1.82, 2.24) is 25.0 Å². The van der Waals surface area contributed by atoms with Gasteiger partial charge in [-0.2, -0.15) is 0 Å². The summed E-state index contributed by atoms with van der Waals surface area (Å²) in [4.78, 5) is 88.7. The van der Waals surface area contributed by atoms with Gasteiger partial charge in [-0.25, -0.2) is 4.98 Å². The number of benzene rings is 4. The molecule has 16 heteroatoms. The van der Waals surface area contributed by atoms with E-state index < -0.39 is 35.7 Å². The summed E-state index contributed by atoms with van der Waals surface area (Å²) in [6, 6.07) is 28.4. The summed E-state index contributed by atoms with van der Waals surface area (Å²) in [5.41, 5.74) is 7.52. The van der Waals surface area contributed by atoms with Crippen molar-refractivity contribution in [3.63, 3.8) is 0 Å². The standard InChI is InChI=1S/C47H46N8O7S/c56-39-16-15-38(43(58)50-39)55-45(60)36-7-4-8-37(41(36)46(55)61)48-18-25-62-24-17-40(57)53-22-20-52(21-23-53)35-13-11-30(12-14-35)32-9-10-33-28-54(29-34(33)27-32)42(31-5-2-1-3-6-31)44(59)51-47-49-19-26-63-47/h1-14,19,26-27,38,42,48H,15-18,20-25,28-29H2,(H,49,51,59)(H,50,56,58). The number of piperazine rings is 1. The number of carbonyl (C=O) groups is 6. The molecule has 0 spiro atoms. The Balaban J connectivity index is 0.720. The fourth-order valence-corrected chi connectivity index (χ4v) is 9.36. The lowest BCUT2D eigenvalue weighted by Crippen LogP contribution is -2.54. The SMILES string of the molecule is O=C1CCC(N2C(=O)c3cccc(NCCOCCC(=O)N4CCN(c5ccc(-c6ccc7c(c6)CN(C(C(=O)Nc6nccs6)c6ccccc6)C7)cc5)CC4)c3C2=O)C(=O)N1. The summed E-state index contributed by atoms with van der Waals surface area (Å²) in [6.45, 7) is 4.81. The number of nitrogens with one attached hydrogen (secondary N) is 3. The zero-order chi connectivity index (χ0) is 43.5. The van der Waals surface area contributed by atoms with Crippen molar-refractivity contribution >= 4 is 63.3 Å². The largest absolute Gasteiger partial charge is 0.382 e. The zero-order valence-corrected chi connectivity index (χ0v) is 35.3. The number of fused-ring (bicyclic) bond motifs is 2. The van der Waals surface area contributed by atoms with Crippen molar-refractivity contribution in [2.75, 3.05) is 61.5 Å². The van der Waals surface area contributed by atoms with Crippen molar-refractivity contribution in [2.45, 2.75) is 44.4 Å². The van der Waals surface area contributed by atoms with Crippen LogP contribution in [0.3, 0.4) is 0 Å². The molecule has 4 aliphatic rings. The van der Waals surface area contributed by atoms with Crippen LogP contribution in [0, 0.1) is 0 Å². The number of nitrogens with zero attached hydrogens (tertiary/aromatic N) is 5. The smallest absolute Gasteiger partial charge is 0.264 e. The molecule has 2 unspecified atom stereocenters. The van der Waals surface area contributed by atoms with E-state index in [2.05, 4.69) is 73.2 Å². The van der Waals surface area contributed by atoms with E-state index in [-0.39, 0.29) is 55.4 Å². The molecule has 0 bridgehead atoms. The highest BCUT2D eigenvalue weighted by Crippen LogP contribution is 2.36. The van der Waals surface area contributed by atoms with Gasteiger partial charge in [-0.3, -0.25) is 43.9 Å². The molecule has 15 nitrogen and oxygen atoms in total. The Morgan fingerprint density at radius 3 is 2.38 bits per heavy atom. The van der Waals surface area contributed by atoms with Crippen molar-refractivity contribution in [2.24, 2.45) is 0 Å². The van der Waals surface area contributed by atoms with Crippen molar-refractivity contribution in [3.8, 4) is 11.1 Å². The third-order valence-corrected chi connectivity index (χ3v) is 12.7. The van der Waals surface area contributed by atoms with Crippen molar-refractivity contribution < 1.29 is 33.5 Å². The molecule has 3 N–H and O–H groups in total. The predicted octanol–water partition coefficient (Wildman–Crippen LogP) is 5.07. The highest BCUT2D eigenvalue weighted by atomic mass is 32.1. The van der Waals surface area contributed by atoms with Crippen LogP contribution < -0.4 is 20.9 Å². The Hall–Kier alpha value is -6.75. The number of hydrogen-bond donors (Lipinski definition) is 3. The molecular formula is C47H46N8O7S. The summed E-state index contributed by atoms with van der Waals surface area (Å²) in [5, 5.41) is 10.8. The van der Waals surface area contributed by atoms with E-state index >= 15 is 0 Å². The first-order chi connectivity index (χ1) is 30.7. The minimum absolute atomic E-state index is 0.0295. The number of rotatable bonds is 14. The highest BCUT2D eigenvalue weighted by molar-refractivity contribution is 7.13. The molecule has 0 radical (unpaired) electrons. The van der Waals surface area contributed by atoms with Crippen LogP contribution in [0.2, 0.25) is 0 Å². The minimum Gasteiger partial charge on any atom is -0.382 e. The summed E-state index contributed by atoms with van der Waals surface area (Å²) >= 11 is 1.40. The average Bonchev–Trinajstić information content (AvgIpc) is 4.03. The molecule has 9 rings (SSSR count). The molecule has 5 heterocycles. The maximum Gasteiger partial charge on any atom is 0.264 e. The molecule has 322 valence electrons. The molecular weight excluding hydrogens is 821 g/mol. The van der Waals surface area contributed by atoms with Crippen LogP contribution in [0.4, 0.5) is 16.5 Å². The number of imide groups is 2. The number of hydrogen-bond acceptors (Lipinski definition) is 12. The molecule has 2 atom stereocenters. The van der Waals surface area contributed by atoms with Gasteiger partial charge < -0.3 is 25.2 Å². The predicted molar refractivity (Wildman–Crippen MR) is 237 cm³/mol. The molecule has 4 aromatic carbocycles. The van der Waals surface area contributed by atoms with Gasteiger partial charge in [-0.05, 0) is 64.6 Å². The second-order valence-corrected chi connectivity index (χ2v) is 16.8. The van der Waals surface area contributed by atoms with Gasteiger partial charge in [0.25, 0.3) is 11.8 Å². The van der Waals surface area contributed by atoms with Crippen LogP contribution in [-0.4, -0.2) is 107 Å². The minimum atomic E-state index is -1.03. The van der Waals surface area contributed by atoms with Gasteiger partial charge in [-0.15, -0.1) is 11.3 Å². The number of piperidine rings is 1. The van der Waals surface area contributed by atoms with E-state index in [1.807, 2.05) is 40.6 Å². The number of ether oxygens (including phenoxy) is 1. The van der Waals surface area contributed by atoms with Gasteiger partial charge in [0.1, 0.15) is 12.1 Å². The third-order valence-electron chi connectivity index (χ3n) is 12.0. The van der Waals surface area contributed by atoms with E-state index in [0.29, 0.717) is 56.6 Å². The Kier molecular flexibility index (Phi) is 12.1. The summed E-state index contributed by atoms with van der Waals surface area (Å²) < 4.78 is 5.76. The third kappa shape index (κ3) is 8.82. The van der Waals surface area contributed by atoms with E-state index in [1.165, 1.54) is 22.5 Å². The van der Waals surface area contributed by atoms with Crippen molar-refractivity contribution in [3.05, 3.63) is 130 Å². The number of aromatic nitrogens is 1. The molecule has 6 amide bonds. The molecule has 0 aliphatic carbocycles. The second-order valence-electron chi connectivity index (χ2n) is 15.9. The van der Waals surface area contributed by atoms with Gasteiger partial charge >= 0.3 is 0 Å². The topological polar surface area (TPSA) is 174 Å². The van der Waals surface area contributed by atoms with Crippen LogP contribution in [0.5, 0.6) is 0 Å². The van der Waals surface area contributed by atoms with Crippen LogP contribution in [-0.2, 0) is 37.0 Å². The van der Waals surface area contributed by atoms with Crippen LogP contribution >= 0.6 is 11.3 Å². The first-order valence-electron chi connectivity index (χ1n) is 21.1. The summed E-state index contributed by atoms with van der Waals surface area (Å²) in [7, 11) is 0. The lowest BCUT2D eigenvalue weighted by molar-refractivity contribution is -0.136. The van der Waals surface area contributed by atoms with Gasteiger partial charge in [-0.1, -0.05) is 60.7 Å². The number of anilines is 3. The molecule has 2 fully saturated rings. The summed E-state index contributed by atoms with van der Waals surface area (Å²) in [6.07, 6.45) is 2.07. The van der Waals surface area contributed by atoms with E-state index in [9.17, 15) is 28.8 Å². The van der Waals surface area contributed by atoms with E-state index in [1.54, 1.807) is 24.4 Å². The van der Waals surface area contributed by atoms with Gasteiger partial charge in [0.15, 0.2) is 5.13 Å². The lowest BCUT2D eigenvalue weighted by atomic mass is 10.0. The van der Waals surface area contributed by atoms with Gasteiger partial charge in [0.05, 0.1) is 30.8 Å². The maximum atomic E-state index is 13.6. The number of thiazole rings is 1. The fraction of sp³-hybridized carbons (Fsp3) is 0.298. The zero-order valence-electron chi connectivity index (χ0n) is 34.5. The van der Waals surface area contributed by atoms with E-state index in [0.717, 1.165) is 27.3 Å². The lowest BCUT2D eigenvalue weighted by Gasteiger charge is -2.36. The molecule has 0 saturated carbocycles. The Morgan fingerprint density at radius 1 is 0.841 bits per heavy atom. The van der Waals surface area contributed by atoms with Gasteiger partial charge in [0.2, 0.25) is 23.6 Å². The first-order valence-corrected chi connectivity index (χ1v) is 22.0. The van der Waals surface area contributed by atoms with Crippen molar-refractivity contribution in [1.29, 1.82) is 0 Å². The Bertz CT molecular complexity index is 2540. The average molecular weight is 867 g/mol. The van der Waals surface area contributed by atoms with E-state index in [4.69, 9.17) is 4.74 Å². The Labute approximate surface area is 368 Å². The number of amides is 6. The quantitative estimate of drug-likeness (QED) is 0.101. The molecule has 5 aromatic rings.